The Kier molecular flexibility index (Phi) is 7.64. The topological polar surface area (TPSA) is 80.3 Å². The predicted molar refractivity (Wildman–Crippen MR) is 149 cm³/mol. The zero-order valence-electron chi connectivity index (χ0n) is 21.3. The van der Waals surface area contributed by atoms with E-state index in [1.54, 1.807) is 13.2 Å². The van der Waals surface area contributed by atoms with Gasteiger partial charge in [0.15, 0.2) is 5.78 Å². The van der Waals surface area contributed by atoms with Crippen molar-refractivity contribution in [1.29, 1.82) is 0 Å². The highest BCUT2D eigenvalue weighted by atomic mass is 16.5. The molecule has 6 heteroatoms. The second kappa shape index (κ2) is 11.4. The number of rotatable bonds is 10. The van der Waals surface area contributed by atoms with Gasteiger partial charge in [0.2, 0.25) is 5.91 Å². The summed E-state index contributed by atoms with van der Waals surface area (Å²) in [5, 5.41) is 9.51. The van der Waals surface area contributed by atoms with Crippen LogP contribution in [0.25, 0.3) is 21.7 Å². The van der Waals surface area contributed by atoms with Crippen LogP contribution >= 0.6 is 0 Å². The summed E-state index contributed by atoms with van der Waals surface area (Å²) in [5.74, 6) is 0.599. The number of Topliss-reactive ketones (excluding diaryl/α,β-unsaturated/α-hetero) is 1. The lowest BCUT2D eigenvalue weighted by molar-refractivity contribution is -0.121. The van der Waals surface area contributed by atoms with Gasteiger partial charge < -0.3 is 15.4 Å². The van der Waals surface area contributed by atoms with E-state index in [0.717, 1.165) is 53.2 Å². The minimum absolute atomic E-state index is 0.0370. The fourth-order valence-corrected chi connectivity index (χ4v) is 5.25. The molecular formula is C31H33N3O3. The Balaban J connectivity index is 1.12. The number of amides is 1. The predicted octanol–water partition coefficient (Wildman–Crippen LogP) is 5.86. The van der Waals surface area contributed by atoms with Crippen molar-refractivity contribution in [3.8, 4) is 5.75 Å². The van der Waals surface area contributed by atoms with Gasteiger partial charge in [0.1, 0.15) is 5.75 Å². The van der Waals surface area contributed by atoms with Crippen molar-refractivity contribution in [3.63, 3.8) is 0 Å². The Morgan fingerprint density at radius 1 is 0.865 bits per heavy atom. The number of benzene rings is 3. The number of para-hydroxylation sites is 1. The standard InChI is InChI=1S/C31H33N3O3/c1-37-29-17-15-22(21-9-2-3-10-23(21)29)28(35)16-18-30(36)32-19-8-20-33-31-24-11-4-6-13-26(24)34-27-14-7-5-12-25(27)31/h2-4,6,9-11,13,15,17H,5,7-8,12,14,16,18-20H2,1H3,(H,32,36)(H,33,34). The van der Waals surface area contributed by atoms with Crippen molar-refractivity contribution < 1.29 is 14.3 Å². The average Bonchev–Trinajstić information content (AvgIpc) is 2.94. The Morgan fingerprint density at radius 3 is 2.46 bits per heavy atom. The molecule has 6 nitrogen and oxygen atoms in total. The van der Waals surface area contributed by atoms with E-state index in [9.17, 15) is 9.59 Å². The highest BCUT2D eigenvalue weighted by Crippen LogP contribution is 2.33. The van der Waals surface area contributed by atoms with Gasteiger partial charge in [-0.2, -0.15) is 0 Å². The third-order valence-electron chi connectivity index (χ3n) is 7.13. The molecule has 0 radical (unpaired) electrons. The van der Waals surface area contributed by atoms with Gasteiger partial charge in [-0.25, -0.2) is 0 Å². The maximum absolute atomic E-state index is 12.9. The van der Waals surface area contributed by atoms with Crippen LogP contribution in [0.4, 0.5) is 5.69 Å². The van der Waals surface area contributed by atoms with E-state index in [-0.39, 0.29) is 24.5 Å². The summed E-state index contributed by atoms with van der Waals surface area (Å²) in [5.41, 5.74) is 5.42. The number of ketones is 1. The normalized spacial score (nSPS) is 12.8. The van der Waals surface area contributed by atoms with Crippen LogP contribution in [-0.2, 0) is 17.6 Å². The number of anilines is 1. The quantitative estimate of drug-likeness (QED) is 0.213. The first-order chi connectivity index (χ1) is 18.2. The Labute approximate surface area is 217 Å². The number of methoxy groups -OCH3 is 1. The number of hydrogen-bond donors (Lipinski definition) is 2. The van der Waals surface area contributed by atoms with Gasteiger partial charge >= 0.3 is 0 Å². The van der Waals surface area contributed by atoms with Crippen LogP contribution in [0.1, 0.15) is 53.7 Å². The summed E-state index contributed by atoms with van der Waals surface area (Å²) in [6.45, 7) is 1.33. The Bertz CT molecular complexity index is 1450. The zero-order valence-corrected chi connectivity index (χ0v) is 21.3. The fraction of sp³-hybridized carbons (Fsp3) is 0.323. The molecule has 0 saturated heterocycles. The van der Waals surface area contributed by atoms with Crippen LogP contribution in [0.5, 0.6) is 5.75 Å². The minimum Gasteiger partial charge on any atom is -0.496 e. The lowest BCUT2D eigenvalue weighted by Gasteiger charge is -2.21. The lowest BCUT2D eigenvalue weighted by Crippen LogP contribution is -2.26. The van der Waals surface area contributed by atoms with Crippen LogP contribution in [0.2, 0.25) is 0 Å². The van der Waals surface area contributed by atoms with E-state index in [1.807, 2.05) is 36.4 Å². The molecule has 0 spiro atoms. The van der Waals surface area contributed by atoms with E-state index < -0.39 is 0 Å². The van der Waals surface area contributed by atoms with Gasteiger partial charge in [-0.15, -0.1) is 0 Å². The number of aryl methyl sites for hydroxylation is 1. The maximum atomic E-state index is 12.9. The number of pyridine rings is 1. The smallest absolute Gasteiger partial charge is 0.220 e. The van der Waals surface area contributed by atoms with Crippen LogP contribution in [0, 0.1) is 0 Å². The molecule has 4 aromatic rings. The summed E-state index contributed by atoms with van der Waals surface area (Å²) in [6, 6.07) is 19.6. The monoisotopic (exact) mass is 495 g/mol. The van der Waals surface area contributed by atoms with E-state index in [1.165, 1.54) is 29.8 Å². The van der Waals surface area contributed by atoms with E-state index in [2.05, 4.69) is 28.8 Å². The molecule has 1 aliphatic rings. The van der Waals surface area contributed by atoms with Crippen LogP contribution in [0.3, 0.4) is 0 Å². The largest absolute Gasteiger partial charge is 0.496 e. The van der Waals surface area contributed by atoms with E-state index >= 15 is 0 Å². The minimum atomic E-state index is -0.0992. The van der Waals surface area contributed by atoms with Crippen molar-refractivity contribution in [2.24, 2.45) is 0 Å². The molecule has 1 aliphatic carbocycles. The number of carbonyl (C=O) groups is 2. The summed E-state index contributed by atoms with van der Waals surface area (Å²) in [4.78, 5) is 30.2. The van der Waals surface area contributed by atoms with Crippen molar-refractivity contribution in [1.82, 2.24) is 10.3 Å². The summed E-state index contributed by atoms with van der Waals surface area (Å²) < 4.78 is 5.42. The highest BCUT2D eigenvalue weighted by molar-refractivity contribution is 6.10. The number of hydrogen-bond acceptors (Lipinski definition) is 5. The third kappa shape index (κ3) is 5.43. The molecule has 1 amide bonds. The number of nitrogens with zero attached hydrogens (tertiary/aromatic N) is 1. The molecule has 5 rings (SSSR count). The molecule has 0 atom stereocenters. The number of nitrogens with one attached hydrogen (secondary N) is 2. The van der Waals surface area contributed by atoms with Gasteiger partial charge in [0, 0.05) is 53.6 Å². The highest BCUT2D eigenvalue weighted by Gasteiger charge is 2.18. The van der Waals surface area contributed by atoms with Crippen molar-refractivity contribution in [2.45, 2.75) is 44.9 Å². The molecule has 3 aromatic carbocycles. The summed E-state index contributed by atoms with van der Waals surface area (Å²) >= 11 is 0. The molecule has 0 saturated carbocycles. The molecule has 2 N–H and O–H groups in total. The number of carbonyl (C=O) groups excluding carboxylic acids is 2. The van der Waals surface area contributed by atoms with Crippen LogP contribution in [0.15, 0.2) is 60.7 Å². The van der Waals surface area contributed by atoms with Crippen LogP contribution in [-0.4, -0.2) is 36.9 Å². The molecule has 0 bridgehead atoms. The second-order valence-electron chi connectivity index (χ2n) is 9.55. The summed E-state index contributed by atoms with van der Waals surface area (Å²) in [7, 11) is 1.62. The summed E-state index contributed by atoms with van der Waals surface area (Å²) in [6.07, 6.45) is 5.64. The molecule has 1 aromatic heterocycles. The first-order valence-electron chi connectivity index (χ1n) is 13.2. The molecule has 0 fully saturated rings. The van der Waals surface area contributed by atoms with Gasteiger partial charge in [0.05, 0.1) is 12.6 Å². The number of aromatic nitrogens is 1. The van der Waals surface area contributed by atoms with Crippen LogP contribution < -0.4 is 15.4 Å². The molecule has 0 unspecified atom stereocenters. The number of ether oxygens (including phenoxy) is 1. The first kappa shape index (κ1) is 24.8. The fourth-order valence-electron chi connectivity index (χ4n) is 5.25. The molecule has 1 heterocycles. The Morgan fingerprint density at radius 2 is 1.62 bits per heavy atom. The third-order valence-corrected chi connectivity index (χ3v) is 7.13. The van der Waals surface area contributed by atoms with E-state index in [4.69, 9.17) is 9.72 Å². The molecule has 0 aliphatic heterocycles. The van der Waals surface area contributed by atoms with E-state index in [0.29, 0.717) is 12.1 Å². The maximum Gasteiger partial charge on any atom is 0.220 e. The first-order valence-corrected chi connectivity index (χ1v) is 13.2. The lowest BCUT2D eigenvalue weighted by atomic mass is 9.92. The zero-order chi connectivity index (χ0) is 25.6. The van der Waals surface area contributed by atoms with Crippen molar-refractivity contribution in [2.75, 3.05) is 25.5 Å². The SMILES string of the molecule is COc1ccc(C(=O)CCC(=O)NCCCNc2c3c(nc4ccccc24)CCCC3)c2ccccc12. The molecule has 190 valence electrons. The van der Waals surface area contributed by atoms with Gasteiger partial charge in [0.25, 0.3) is 0 Å². The number of fused-ring (bicyclic) bond motifs is 3. The van der Waals surface area contributed by atoms with Gasteiger partial charge in [-0.05, 0) is 61.3 Å². The second-order valence-corrected chi connectivity index (χ2v) is 9.55. The molecule has 37 heavy (non-hydrogen) atoms. The van der Waals surface area contributed by atoms with Crippen molar-refractivity contribution in [3.05, 3.63) is 77.5 Å². The van der Waals surface area contributed by atoms with Gasteiger partial charge in [-0.3, -0.25) is 14.6 Å². The van der Waals surface area contributed by atoms with Gasteiger partial charge in [-0.1, -0.05) is 42.5 Å². The molecular weight excluding hydrogens is 462 g/mol. The Hall–Kier alpha value is -3.93. The van der Waals surface area contributed by atoms with Crippen molar-refractivity contribution >= 4 is 39.1 Å². The average molecular weight is 496 g/mol.